The highest BCUT2D eigenvalue weighted by Gasteiger charge is 2.40. The molecule has 1 unspecified atom stereocenters. The predicted octanol–water partition coefficient (Wildman–Crippen LogP) is 4.67. The van der Waals surface area contributed by atoms with Gasteiger partial charge in [0.05, 0.1) is 4.62 Å². The molecule has 0 N–H and O–H groups in total. The highest BCUT2D eigenvalue weighted by Crippen LogP contribution is 2.39. The first-order chi connectivity index (χ1) is 11.5. The predicted molar refractivity (Wildman–Crippen MR) is 102 cm³/mol. The van der Waals surface area contributed by atoms with Crippen LogP contribution in [0.25, 0.3) is 0 Å². The van der Waals surface area contributed by atoms with Crippen LogP contribution < -0.4 is 0 Å². The molecule has 5 heteroatoms. The van der Waals surface area contributed by atoms with Gasteiger partial charge in [0.15, 0.2) is 0 Å². The van der Waals surface area contributed by atoms with Gasteiger partial charge in [-0.05, 0) is 64.0 Å². The van der Waals surface area contributed by atoms with Crippen molar-refractivity contribution in [3.63, 3.8) is 0 Å². The summed E-state index contributed by atoms with van der Waals surface area (Å²) in [6, 6.07) is 7.69. The Hall–Kier alpha value is -1.20. The lowest BCUT2D eigenvalue weighted by atomic mass is 9.78. The van der Waals surface area contributed by atoms with Crippen LogP contribution in [-0.2, 0) is 15.1 Å². The highest BCUT2D eigenvalue weighted by atomic mass is 79.9. The van der Waals surface area contributed by atoms with Crippen molar-refractivity contribution in [3.8, 4) is 0 Å². The SMILES string of the molecule is COC1(c2ccc(Cl)cc2)C=CC(OC)(C2C=CC(Br)=NC2)C=C1. The number of aliphatic imine (C=N–C) groups is 1. The average molecular weight is 409 g/mol. The van der Waals surface area contributed by atoms with E-state index in [1.165, 1.54) is 0 Å². The summed E-state index contributed by atoms with van der Waals surface area (Å²) in [5, 5.41) is 0.704. The minimum absolute atomic E-state index is 0.136. The van der Waals surface area contributed by atoms with Gasteiger partial charge in [-0.15, -0.1) is 0 Å². The molecular formula is C19H19BrClNO2. The van der Waals surface area contributed by atoms with Gasteiger partial charge < -0.3 is 9.47 Å². The average Bonchev–Trinajstić information content (AvgIpc) is 2.63. The van der Waals surface area contributed by atoms with Crippen LogP contribution in [0.4, 0.5) is 0 Å². The quantitative estimate of drug-likeness (QED) is 0.678. The van der Waals surface area contributed by atoms with Gasteiger partial charge in [0.25, 0.3) is 0 Å². The number of hydrogen-bond acceptors (Lipinski definition) is 3. The molecule has 0 spiro atoms. The molecule has 0 saturated heterocycles. The Labute approximate surface area is 155 Å². The number of benzene rings is 1. The Morgan fingerprint density at radius 2 is 1.75 bits per heavy atom. The lowest BCUT2D eigenvalue weighted by molar-refractivity contribution is 0.0235. The van der Waals surface area contributed by atoms with Crippen LogP contribution in [0.15, 0.2) is 65.7 Å². The maximum atomic E-state index is 6.00. The fourth-order valence-electron chi connectivity index (χ4n) is 3.10. The van der Waals surface area contributed by atoms with Crippen molar-refractivity contribution in [1.82, 2.24) is 0 Å². The summed E-state index contributed by atoms with van der Waals surface area (Å²) >= 11 is 9.40. The van der Waals surface area contributed by atoms with Gasteiger partial charge in [-0.25, -0.2) is 0 Å². The largest absolute Gasteiger partial charge is 0.369 e. The maximum Gasteiger partial charge on any atom is 0.129 e. The minimum atomic E-state index is -0.616. The van der Waals surface area contributed by atoms with E-state index in [0.717, 1.165) is 10.2 Å². The van der Waals surface area contributed by atoms with Gasteiger partial charge in [-0.3, -0.25) is 4.99 Å². The first kappa shape index (κ1) is 17.6. The van der Waals surface area contributed by atoms with E-state index in [1.807, 2.05) is 42.5 Å². The van der Waals surface area contributed by atoms with Gasteiger partial charge in [0.1, 0.15) is 11.2 Å². The third kappa shape index (κ3) is 3.16. The molecule has 1 aromatic carbocycles. The molecule has 3 rings (SSSR count). The summed E-state index contributed by atoms with van der Waals surface area (Å²) in [5.74, 6) is 0.136. The summed E-state index contributed by atoms with van der Waals surface area (Å²) in [4.78, 5) is 4.46. The number of rotatable bonds is 4. The zero-order valence-electron chi connectivity index (χ0n) is 13.6. The second-order valence-corrected chi connectivity index (χ2v) is 7.11. The Bertz CT molecular complexity index is 707. The van der Waals surface area contributed by atoms with Gasteiger partial charge in [-0.2, -0.15) is 0 Å². The van der Waals surface area contributed by atoms with Gasteiger partial charge in [-0.1, -0.05) is 29.8 Å². The summed E-state index contributed by atoms with van der Waals surface area (Å²) in [6.45, 7) is 0.667. The van der Waals surface area contributed by atoms with E-state index in [-0.39, 0.29) is 5.92 Å². The Morgan fingerprint density at radius 3 is 2.25 bits per heavy atom. The minimum Gasteiger partial charge on any atom is -0.369 e. The summed E-state index contributed by atoms with van der Waals surface area (Å²) in [6.07, 6.45) is 12.3. The molecule has 2 aliphatic rings. The van der Waals surface area contributed by atoms with E-state index < -0.39 is 11.2 Å². The van der Waals surface area contributed by atoms with E-state index in [9.17, 15) is 0 Å². The molecule has 1 heterocycles. The third-order valence-electron chi connectivity index (χ3n) is 4.65. The van der Waals surface area contributed by atoms with Crippen LogP contribution in [0, 0.1) is 5.92 Å². The highest BCUT2D eigenvalue weighted by molar-refractivity contribution is 9.18. The molecule has 0 fully saturated rings. The maximum absolute atomic E-state index is 6.00. The molecule has 0 saturated carbocycles. The van der Waals surface area contributed by atoms with E-state index in [4.69, 9.17) is 21.1 Å². The molecule has 0 aromatic heterocycles. The third-order valence-corrected chi connectivity index (χ3v) is 5.42. The Balaban J connectivity index is 1.92. The van der Waals surface area contributed by atoms with Crippen molar-refractivity contribution < 1.29 is 9.47 Å². The summed E-state index contributed by atoms with van der Waals surface area (Å²) in [7, 11) is 3.42. The Morgan fingerprint density at radius 1 is 1.08 bits per heavy atom. The van der Waals surface area contributed by atoms with Crippen molar-refractivity contribution in [2.45, 2.75) is 11.2 Å². The molecule has 1 atom stereocenters. The molecule has 1 aromatic rings. The fraction of sp³-hybridized carbons (Fsp3) is 0.316. The zero-order chi connectivity index (χ0) is 17.2. The standard InChI is InChI=1S/C19H19BrClNO2/c1-23-18(14-3-6-16(21)7-4-14)9-11-19(24-2,12-10-18)15-5-8-17(20)22-13-15/h3-12,15H,13H2,1-2H3. The smallest absolute Gasteiger partial charge is 0.129 e. The Kier molecular flexibility index (Phi) is 5.11. The van der Waals surface area contributed by atoms with Gasteiger partial charge >= 0.3 is 0 Å². The first-order valence-corrected chi connectivity index (χ1v) is 8.86. The molecule has 126 valence electrons. The van der Waals surface area contributed by atoms with E-state index >= 15 is 0 Å². The molecule has 0 amide bonds. The van der Waals surface area contributed by atoms with Gasteiger partial charge in [0.2, 0.25) is 0 Å². The van der Waals surface area contributed by atoms with Crippen LogP contribution in [0.3, 0.4) is 0 Å². The van der Waals surface area contributed by atoms with Crippen molar-refractivity contribution in [2.75, 3.05) is 20.8 Å². The van der Waals surface area contributed by atoms with Crippen LogP contribution in [0.2, 0.25) is 5.02 Å². The molecular weight excluding hydrogens is 390 g/mol. The second kappa shape index (κ2) is 6.96. The van der Waals surface area contributed by atoms with Gasteiger partial charge in [0, 0.05) is 31.7 Å². The number of methoxy groups -OCH3 is 2. The number of ether oxygens (including phenoxy) is 2. The van der Waals surface area contributed by atoms with Crippen molar-refractivity contribution in [1.29, 1.82) is 0 Å². The number of allylic oxidation sites excluding steroid dienone is 1. The summed E-state index contributed by atoms with van der Waals surface area (Å²) in [5.41, 5.74) is -0.122. The number of halogens is 2. The normalized spacial score (nSPS) is 32.0. The monoisotopic (exact) mass is 407 g/mol. The fourth-order valence-corrected chi connectivity index (χ4v) is 3.52. The van der Waals surface area contributed by atoms with Crippen molar-refractivity contribution >= 4 is 32.2 Å². The lowest BCUT2D eigenvalue weighted by Gasteiger charge is -2.39. The zero-order valence-corrected chi connectivity index (χ0v) is 15.9. The van der Waals surface area contributed by atoms with E-state index in [0.29, 0.717) is 11.6 Å². The molecule has 3 nitrogen and oxygen atoms in total. The molecule has 0 bridgehead atoms. The van der Waals surface area contributed by atoms with E-state index in [1.54, 1.807) is 14.2 Å². The molecule has 0 radical (unpaired) electrons. The summed E-state index contributed by atoms with van der Waals surface area (Å²) < 4.78 is 12.5. The van der Waals surface area contributed by atoms with Crippen LogP contribution in [0.5, 0.6) is 0 Å². The molecule has 24 heavy (non-hydrogen) atoms. The lowest BCUT2D eigenvalue weighted by Crippen LogP contribution is -2.41. The van der Waals surface area contributed by atoms with Crippen LogP contribution in [0.1, 0.15) is 5.56 Å². The number of hydrogen-bond donors (Lipinski definition) is 0. The van der Waals surface area contributed by atoms with E-state index in [2.05, 4.69) is 39.2 Å². The number of dihydropyridines is 1. The second-order valence-electron chi connectivity index (χ2n) is 5.86. The molecule has 1 aliphatic heterocycles. The van der Waals surface area contributed by atoms with Crippen molar-refractivity contribution in [3.05, 3.63) is 71.3 Å². The van der Waals surface area contributed by atoms with Crippen molar-refractivity contribution in [2.24, 2.45) is 10.9 Å². The topological polar surface area (TPSA) is 30.8 Å². The molecule has 1 aliphatic carbocycles. The van der Waals surface area contributed by atoms with Crippen LogP contribution in [-0.4, -0.2) is 31.0 Å². The number of nitrogens with zero attached hydrogens (tertiary/aromatic N) is 1. The first-order valence-electron chi connectivity index (χ1n) is 7.69. The van der Waals surface area contributed by atoms with Crippen LogP contribution >= 0.6 is 27.5 Å².